The number of benzene rings is 1. The molecule has 2 aromatic rings. The van der Waals surface area contributed by atoms with Gasteiger partial charge in [-0.1, -0.05) is 20.4 Å². The van der Waals surface area contributed by atoms with Gasteiger partial charge >= 0.3 is 12.1 Å². The summed E-state index contributed by atoms with van der Waals surface area (Å²) >= 11 is -1.70. The third-order valence-electron chi connectivity index (χ3n) is 8.08. The second-order valence-corrected chi connectivity index (χ2v) is 16.0. The van der Waals surface area contributed by atoms with E-state index in [1.165, 1.54) is 38.3 Å². The molecule has 0 saturated carbocycles. The molecule has 1 aromatic heterocycles. The summed E-state index contributed by atoms with van der Waals surface area (Å²) in [4.78, 5) is 29.3. The number of aliphatic hydroxyl groups is 1. The fourth-order valence-corrected chi connectivity index (χ4v) is 5.71. The zero-order valence-corrected chi connectivity index (χ0v) is 32.0. The first-order chi connectivity index (χ1) is 24.5. The van der Waals surface area contributed by atoms with Crippen molar-refractivity contribution in [2.75, 3.05) is 26.9 Å². The van der Waals surface area contributed by atoms with Crippen LogP contribution in [0.1, 0.15) is 66.6 Å². The van der Waals surface area contributed by atoms with E-state index in [0.29, 0.717) is 0 Å². The number of carbonyl (C=O) groups is 2. The molecule has 0 fully saturated rings. The third kappa shape index (κ3) is 10.3. The Morgan fingerprint density at radius 2 is 1.79 bits per heavy atom. The number of hydrogen-bond donors (Lipinski definition) is 3. The van der Waals surface area contributed by atoms with Crippen molar-refractivity contribution in [3.05, 3.63) is 83.2 Å². The topological polar surface area (TPSA) is 151 Å². The molecule has 4 unspecified atom stereocenters. The summed E-state index contributed by atoms with van der Waals surface area (Å²) in [5.41, 5.74) is -5.91. The molecule has 4 atom stereocenters. The summed E-state index contributed by atoms with van der Waals surface area (Å²) in [6.45, 7) is 15.0. The molecule has 53 heavy (non-hydrogen) atoms. The molecule has 2 heterocycles. The van der Waals surface area contributed by atoms with Gasteiger partial charge in [0.1, 0.15) is 41.1 Å². The van der Waals surface area contributed by atoms with Gasteiger partial charge in [0.15, 0.2) is 17.3 Å². The van der Waals surface area contributed by atoms with Crippen LogP contribution in [-0.2, 0) is 46.3 Å². The van der Waals surface area contributed by atoms with E-state index in [-0.39, 0.29) is 58.8 Å². The molecule has 1 aliphatic rings. The van der Waals surface area contributed by atoms with Gasteiger partial charge in [-0.15, -0.1) is 4.72 Å². The highest BCUT2D eigenvalue weighted by atomic mass is 32.2. The zero-order chi connectivity index (χ0) is 40.1. The van der Waals surface area contributed by atoms with Crippen molar-refractivity contribution in [1.29, 1.82) is 0 Å². The quantitative estimate of drug-likeness (QED) is 0.0491. The van der Waals surface area contributed by atoms with E-state index in [2.05, 4.69) is 21.6 Å². The second-order valence-electron chi connectivity index (χ2n) is 14.1. The van der Waals surface area contributed by atoms with E-state index in [4.69, 9.17) is 18.9 Å². The minimum Gasteiger partial charge on any atom is -0.598 e. The maximum atomic E-state index is 14.9. The number of aromatic nitrogens is 1. The van der Waals surface area contributed by atoms with E-state index >= 15 is 0 Å². The Morgan fingerprint density at radius 1 is 1.17 bits per heavy atom. The molecule has 3 N–H and O–H groups in total. The molecule has 1 aliphatic heterocycles. The van der Waals surface area contributed by atoms with Gasteiger partial charge in [0.2, 0.25) is 11.5 Å². The highest BCUT2D eigenvalue weighted by Gasteiger charge is 2.57. The van der Waals surface area contributed by atoms with Gasteiger partial charge in [0.05, 0.1) is 25.3 Å². The predicted octanol–water partition coefficient (Wildman–Crippen LogP) is 6.01. The molecule has 0 radical (unpaired) electrons. The molecule has 0 spiro atoms. The van der Waals surface area contributed by atoms with E-state index < -0.39 is 69.5 Å². The standard InChI is InChI=1S/C37H47F4N3O8S/c1-11-27(50-18-23(5)52-33(46)21(2)3)28(49-10)16-22(4)32(45)42-19-36(47,37(39,40)41)29-17-26-31(30(43-29)24-12-14-25(38)15-13-24)51-20-35(26,9)44-53(48)34(6,7)8/h11-17,21,23,44,47H,1,18-20H2,2-10H3,(H,42,45)/b22-16+,28-27-. The number of allylic oxidation sites excluding steroid dienone is 2. The smallest absolute Gasteiger partial charge is 0.424 e. The molecule has 11 nitrogen and oxygen atoms in total. The number of fused-ring (bicyclic) bond motifs is 1. The molecular weight excluding hydrogens is 722 g/mol. The lowest BCUT2D eigenvalue weighted by Gasteiger charge is -2.33. The highest BCUT2D eigenvalue weighted by molar-refractivity contribution is 7.90. The van der Waals surface area contributed by atoms with Crippen molar-refractivity contribution in [3.8, 4) is 17.0 Å². The molecule has 16 heteroatoms. The monoisotopic (exact) mass is 769 g/mol. The number of amides is 1. The van der Waals surface area contributed by atoms with Gasteiger partial charge in [-0.25, -0.2) is 9.37 Å². The highest BCUT2D eigenvalue weighted by Crippen LogP contribution is 2.47. The van der Waals surface area contributed by atoms with Crippen LogP contribution in [0.15, 0.2) is 66.2 Å². The molecule has 1 amide bonds. The Kier molecular flexibility index (Phi) is 13.8. The number of alkyl halides is 3. The Bertz CT molecular complexity index is 1730. The van der Waals surface area contributed by atoms with Crippen molar-refractivity contribution in [3.63, 3.8) is 0 Å². The number of methoxy groups -OCH3 is 1. The number of pyridine rings is 1. The summed E-state index contributed by atoms with van der Waals surface area (Å²) in [6, 6.07) is 5.78. The number of esters is 1. The van der Waals surface area contributed by atoms with Crippen LogP contribution in [-0.4, -0.2) is 70.4 Å². The number of ether oxygens (including phenoxy) is 4. The lowest BCUT2D eigenvalue weighted by molar-refractivity contribution is -0.265. The SMILES string of the molecule is C=C/C(OCC(C)OC(=O)C(C)C)=C(\C=C(/C)C(=O)NCC(O)(c1cc2c(c(-c3ccc(F)cc3)n1)OCC2(C)N[S+]([O-])C(C)(C)C)C(F)(F)F)OC. The molecule has 3 rings (SSSR count). The van der Waals surface area contributed by atoms with E-state index in [1.807, 2.05) is 0 Å². The second kappa shape index (κ2) is 16.9. The summed E-state index contributed by atoms with van der Waals surface area (Å²) in [7, 11) is 1.27. The van der Waals surface area contributed by atoms with Crippen molar-refractivity contribution >= 4 is 23.2 Å². The first kappa shape index (κ1) is 43.3. The number of carbonyl (C=O) groups excluding carboxylic acids is 2. The maximum Gasteiger partial charge on any atom is 0.424 e. The van der Waals surface area contributed by atoms with Crippen LogP contribution in [0, 0.1) is 11.7 Å². The molecule has 0 aliphatic carbocycles. The van der Waals surface area contributed by atoms with Gasteiger partial charge < -0.3 is 33.9 Å². The van der Waals surface area contributed by atoms with Crippen molar-refractivity contribution in [1.82, 2.24) is 15.0 Å². The summed E-state index contributed by atoms with van der Waals surface area (Å²) in [6.07, 6.45) is -3.55. The van der Waals surface area contributed by atoms with Gasteiger partial charge in [-0.05, 0) is 84.0 Å². The fraction of sp³-hybridized carbons (Fsp3) is 0.486. The number of nitrogens with one attached hydrogen (secondary N) is 2. The van der Waals surface area contributed by atoms with Crippen molar-refractivity contribution in [2.45, 2.75) is 83.6 Å². The Morgan fingerprint density at radius 3 is 2.32 bits per heavy atom. The molecular formula is C37H47F4N3O8S. The van der Waals surface area contributed by atoms with Crippen LogP contribution in [0.2, 0.25) is 0 Å². The van der Waals surface area contributed by atoms with Crippen LogP contribution in [0.4, 0.5) is 17.6 Å². The Balaban J connectivity index is 2.02. The van der Waals surface area contributed by atoms with Gasteiger partial charge in [0.25, 0.3) is 0 Å². The van der Waals surface area contributed by atoms with Gasteiger partial charge in [-0.3, -0.25) is 9.59 Å². The normalized spacial score (nSPS) is 18.9. The minimum absolute atomic E-state index is 0.00947. The molecule has 292 valence electrons. The fourth-order valence-electron chi connectivity index (χ4n) is 4.82. The molecule has 1 aromatic carbocycles. The maximum absolute atomic E-state index is 14.9. The lowest BCUT2D eigenvalue weighted by atomic mass is 9.89. The predicted molar refractivity (Wildman–Crippen MR) is 191 cm³/mol. The van der Waals surface area contributed by atoms with Crippen LogP contribution < -0.4 is 14.8 Å². The molecule has 0 bridgehead atoms. The Hall–Kier alpha value is -4.12. The van der Waals surface area contributed by atoms with Gasteiger partial charge in [-0.2, -0.15) is 13.2 Å². The van der Waals surface area contributed by atoms with Crippen LogP contribution in [0.5, 0.6) is 5.75 Å². The number of nitrogens with zero attached hydrogens (tertiary/aromatic N) is 1. The lowest BCUT2D eigenvalue weighted by Crippen LogP contribution is -2.52. The van der Waals surface area contributed by atoms with Crippen molar-refractivity contribution in [2.24, 2.45) is 5.92 Å². The summed E-state index contributed by atoms with van der Waals surface area (Å²) in [5, 5.41) is 13.6. The minimum atomic E-state index is -5.38. The average molecular weight is 770 g/mol. The molecule has 0 saturated heterocycles. The van der Waals surface area contributed by atoms with Crippen LogP contribution in [0.3, 0.4) is 0 Å². The third-order valence-corrected chi connectivity index (χ3v) is 9.83. The number of rotatable bonds is 15. The van der Waals surface area contributed by atoms with Crippen LogP contribution in [0.25, 0.3) is 11.3 Å². The Labute approximate surface area is 310 Å². The number of hydrogen-bond acceptors (Lipinski definition) is 10. The average Bonchev–Trinajstić information content (AvgIpc) is 3.40. The van der Waals surface area contributed by atoms with E-state index in [0.717, 1.165) is 18.2 Å². The van der Waals surface area contributed by atoms with E-state index in [9.17, 15) is 36.8 Å². The van der Waals surface area contributed by atoms with Crippen LogP contribution >= 0.6 is 0 Å². The largest absolute Gasteiger partial charge is 0.598 e. The van der Waals surface area contributed by atoms with Crippen molar-refractivity contribution < 1.29 is 55.8 Å². The zero-order valence-electron chi connectivity index (χ0n) is 31.2. The summed E-state index contributed by atoms with van der Waals surface area (Å²) in [5.74, 6) is -2.29. The van der Waals surface area contributed by atoms with Gasteiger partial charge in [0, 0.05) is 28.1 Å². The first-order valence-electron chi connectivity index (χ1n) is 16.6. The summed E-state index contributed by atoms with van der Waals surface area (Å²) < 4.78 is 96.2. The number of halogens is 4. The van der Waals surface area contributed by atoms with E-state index in [1.54, 1.807) is 48.5 Å². The first-order valence-corrected chi connectivity index (χ1v) is 17.8.